The molecule has 1 aliphatic rings. The average molecular weight is 509 g/mol. The van der Waals surface area contributed by atoms with Crippen LogP contribution in [0.1, 0.15) is 56.5 Å². The summed E-state index contributed by atoms with van der Waals surface area (Å²) < 4.78 is 10.2. The molecule has 2 amide bonds. The van der Waals surface area contributed by atoms with Crippen LogP contribution >= 0.6 is 0 Å². The Kier molecular flexibility index (Phi) is 8.49. The van der Waals surface area contributed by atoms with Gasteiger partial charge >= 0.3 is 18.2 Å². The highest BCUT2D eigenvalue weighted by molar-refractivity contribution is 6.11. The minimum atomic E-state index is -1.15. The quantitative estimate of drug-likeness (QED) is 0.267. The Morgan fingerprint density at radius 3 is 2.22 bits per heavy atom. The SMILES string of the molecule is CCCc1ccc(C(=O)Oc2ccc([N+]3(C(=O)O)C=CN=C3CCN(C)C(=O)OC(C)(C)C)cc2)cc1. The third-order valence-electron chi connectivity index (χ3n) is 5.78. The molecule has 3 rings (SSSR count). The van der Waals surface area contributed by atoms with Gasteiger partial charge in [0, 0.05) is 25.7 Å². The first kappa shape index (κ1) is 27.6. The van der Waals surface area contributed by atoms with Crippen molar-refractivity contribution >= 4 is 29.7 Å². The second-order valence-corrected chi connectivity index (χ2v) is 9.83. The number of carbonyl (C=O) groups is 3. The molecule has 1 aliphatic heterocycles. The third kappa shape index (κ3) is 6.62. The number of carbonyl (C=O) groups excluding carboxylic acids is 2. The Bertz CT molecular complexity index is 1200. The first-order valence-electron chi connectivity index (χ1n) is 12.2. The van der Waals surface area contributed by atoms with Crippen LogP contribution in [0.2, 0.25) is 0 Å². The number of quaternary nitrogens is 1. The number of amides is 2. The summed E-state index contributed by atoms with van der Waals surface area (Å²) in [5.41, 5.74) is 1.36. The number of amidine groups is 1. The molecule has 0 spiro atoms. The molecule has 0 bridgehead atoms. The maximum Gasteiger partial charge on any atom is 0.529 e. The molecular weight excluding hydrogens is 474 g/mol. The maximum atomic E-state index is 12.5. The predicted molar refractivity (Wildman–Crippen MR) is 142 cm³/mol. The summed E-state index contributed by atoms with van der Waals surface area (Å²) in [6.07, 6.45) is 3.42. The predicted octanol–water partition coefficient (Wildman–Crippen LogP) is 5.98. The monoisotopic (exact) mass is 508 g/mol. The lowest BCUT2D eigenvalue weighted by Crippen LogP contribution is -2.52. The normalized spacial score (nSPS) is 16.7. The van der Waals surface area contributed by atoms with Crippen molar-refractivity contribution in [2.45, 2.75) is 52.6 Å². The largest absolute Gasteiger partial charge is 0.529 e. The lowest BCUT2D eigenvalue weighted by molar-refractivity contribution is 0.0302. The van der Waals surface area contributed by atoms with E-state index in [1.165, 1.54) is 17.3 Å². The zero-order chi connectivity index (χ0) is 27.2. The Balaban J connectivity index is 1.71. The molecule has 9 nitrogen and oxygen atoms in total. The summed E-state index contributed by atoms with van der Waals surface area (Å²) in [5.74, 6) is 0.132. The second kappa shape index (κ2) is 11.4. The fourth-order valence-corrected chi connectivity index (χ4v) is 3.87. The van der Waals surface area contributed by atoms with E-state index in [0.717, 1.165) is 18.4 Å². The van der Waals surface area contributed by atoms with Crippen molar-refractivity contribution in [2.24, 2.45) is 4.99 Å². The van der Waals surface area contributed by atoms with Crippen LogP contribution in [0, 0.1) is 0 Å². The maximum absolute atomic E-state index is 12.5. The fraction of sp³-hybridized carbons (Fsp3) is 0.357. The number of aliphatic imine (C=N–C) groups is 1. The van der Waals surface area contributed by atoms with Crippen LogP contribution in [0.3, 0.4) is 0 Å². The van der Waals surface area contributed by atoms with Gasteiger partial charge in [0.15, 0.2) is 5.69 Å². The zero-order valence-corrected chi connectivity index (χ0v) is 21.9. The van der Waals surface area contributed by atoms with E-state index in [-0.39, 0.29) is 13.0 Å². The summed E-state index contributed by atoms with van der Waals surface area (Å²) in [6.45, 7) is 7.65. The smallest absolute Gasteiger partial charge is 0.444 e. The van der Waals surface area contributed by atoms with Crippen LogP contribution in [0.25, 0.3) is 0 Å². The molecule has 1 heterocycles. The lowest BCUT2D eigenvalue weighted by Gasteiger charge is -2.28. The first-order valence-corrected chi connectivity index (χ1v) is 12.2. The Morgan fingerprint density at radius 1 is 1.00 bits per heavy atom. The molecule has 0 fully saturated rings. The molecule has 2 aromatic rings. The van der Waals surface area contributed by atoms with Crippen molar-refractivity contribution in [3.05, 3.63) is 72.1 Å². The van der Waals surface area contributed by atoms with Crippen molar-refractivity contribution < 1.29 is 29.0 Å². The van der Waals surface area contributed by atoms with Gasteiger partial charge in [-0.25, -0.2) is 14.6 Å². The average Bonchev–Trinajstić information content (AvgIpc) is 3.27. The summed E-state index contributed by atoms with van der Waals surface area (Å²) in [6, 6.07) is 13.6. The van der Waals surface area contributed by atoms with Crippen LogP contribution < -0.4 is 9.22 Å². The van der Waals surface area contributed by atoms with E-state index >= 15 is 0 Å². The van der Waals surface area contributed by atoms with Crippen LogP contribution in [0.5, 0.6) is 5.75 Å². The molecule has 1 N–H and O–H groups in total. The number of ether oxygens (including phenoxy) is 2. The second-order valence-electron chi connectivity index (χ2n) is 9.83. The number of hydrogen-bond acceptors (Lipinski definition) is 6. The molecule has 0 saturated heterocycles. The van der Waals surface area contributed by atoms with E-state index in [4.69, 9.17) is 9.47 Å². The summed E-state index contributed by atoms with van der Waals surface area (Å²) in [4.78, 5) is 43.0. The van der Waals surface area contributed by atoms with Gasteiger partial charge in [-0.15, -0.1) is 4.48 Å². The van der Waals surface area contributed by atoms with Gasteiger partial charge in [-0.1, -0.05) is 25.5 Å². The van der Waals surface area contributed by atoms with Gasteiger partial charge < -0.3 is 19.5 Å². The lowest BCUT2D eigenvalue weighted by atomic mass is 10.1. The molecule has 9 heteroatoms. The highest BCUT2D eigenvalue weighted by Gasteiger charge is 2.46. The van der Waals surface area contributed by atoms with Crippen molar-refractivity contribution in [2.75, 3.05) is 13.6 Å². The number of rotatable bonds is 8. The molecule has 1 atom stereocenters. The Morgan fingerprint density at radius 2 is 1.65 bits per heavy atom. The molecule has 0 aromatic heterocycles. The fourth-order valence-electron chi connectivity index (χ4n) is 3.87. The summed E-state index contributed by atoms with van der Waals surface area (Å²) in [5, 5.41) is 10.2. The van der Waals surface area contributed by atoms with Gasteiger partial charge in [0.2, 0.25) is 5.84 Å². The van der Waals surface area contributed by atoms with Gasteiger partial charge in [0.25, 0.3) is 0 Å². The topological polar surface area (TPSA) is 106 Å². The molecule has 0 aliphatic carbocycles. The minimum absolute atomic E-state index is 0.208. The van der Waals surface area contributed by atoms with E-state index in [1.54, 1.807) is 64.2 Å². The van der Waals surface area contributed by atoms with Gasteiger partial charge in [-0.05, 0) is 57.0 Å². The van der Waals surface area contributed by atoms with Crippen LogP contribution in [0.4, 0.5) is 15.3 Å². The van der Waals surface area contributed by atoms with E-state index in [1.807, 2.05) is 12.1 Å². The van der Waals surface area contributed by atoms with Crippen molar-refractivity contribution in [3.63, 3.8) is 0 Å². The Labute approximate surface area is 217 Å². The molecule has 0 radical (unpaired) electrons. The standard InChI is InChI=1S/C28H33N3O6/c1-6-7-20-8-10-21(11-9-20)25(32)36-23-14-12-22(13-15-23)31(27(34)35)19-17-29-24(31)16-18-30(5)26(33)37-28(2,3)4/h8-15,17,19H,6-7,16,18H2,1-5H3/p+1. The highest BCUT2D eigenvalue weighted by atomic mass is 16.6. The van der Waals surface area contributed by atoms with Gasteiger partial charge in [0.05, 0.1) is 18.2 Å². The van der Waals surface area contributed by atoms with Gasteiger partial charge in [-0.2, -0.15) is 4.79 Å². The zero-order valence-electron chi connectivity index (χ0n) is 21.9. The molecule has 1 unspecified atom stereocenters. The number of nitrogens with zero attached hydrogens (tertiary/aromatic N) is 3. The van der Waals surface area contributed by atoms with E-state index < -0.39 is 28.2 Å². The third-order valence-corrected chi connectivity index (χ3v) is 5.78. The first-order chi connectivity index (χ1) is 17.5. The number of carboxylic acid groups (broad SMARTS) is 1. The van der Waals surface area contributed by atoms with E-state index in [2.05, 4.69) is 11.9 Å². The van der Waals surface area contributed by atoms with Crippen molar-refractivity contribution in [1.29, 1.82) is 0 Å². The number of aryl methyl sites for hydroxylation is 1. The molecule has 37 heavy (non-hydrogen) atoms. The van der Waals surface area contributed by atoms with E-state index in [0.29, 0.717) is 22.8 Å². The van der Waals surface area contributed by atoms with Gasteiger partial charge in [-0.3, -0.25) is 0 Å². The summed E-state index contributed by atoms with van der Waals surface area (Å²) in [7, 11) is 1.59. The molecule has 0 saturated carbocycles. The van der Waals surface area contributed by atoms with Crippen LogP contribution in [-0.4, -0.2) is 53.2 Å². The molecule has 2 aromatic carbocycles. The summed E-state index contributed by atoms with van der Waals surface area (Å²) >= 11 is 0. The molecule has 196 valence electrons. The number of hydrogen-bond donors (Lipinski definition) is 1. The number of benzene rings is 2. The Hall–Kier alpha value is -3.98. The molecular formula is C28H34N3O6+. The van der Waals surface area contributed by atoms with Crippen molar-refractivity contribution in [3.8, 4) is 5.75 Å². The van der Waals surface area contributed by atoms with E-state index in [9.17, 15) is 19.5 Å². The van der Waals surface area contributed by atoms with Crippen LogP contribution in [0.15, 0.2) is 65.9 Å². The van der Waals surface area contributed by atoms with Gasteiger partial charge in [0.1, 0.15) is 17.6 Å². The highest BCUT2D eigenvalue weighted by Crippen LogP contribution is 2.32. The van der Waals surface area contributed by atoms with Crippen LogP contribution in [-0.2, 0) is 11.2 Å². The minimum Gasteiger partial charge on any atom is -0.444 e. The number of esters is 1. The van der Waals surface area contributed by atoms with Crippen molar-refractivity contribution in [1.82, 2.24) is 9.38 Å².